The minimum atomic E-state index is -0.760. The molecule has 298 valence electrons. The van der Waals surface area contributed by atoms with Crippen molar-refractivity contribution in [3.05, 3.63) is 91.7 Å². The van der Waals surface area contributed by atoms with Crippen LogP contribution in [0.3, 0.4) is 0 Å². The lowest BCUT2D eigenvalue weighted by Gasteiger charge is -2.27. The number of carboxylic acids is 1. The number of carbonyl (C=O) groups excluding carboxylic acids is 1. The van der Waals surface area contributed by atoms with E-state index in [4.69, 9.17) is 0 Å². The Morgan fingerprint density at radius 2 is 1.22 bits per heavy atom. The van der Waals surface area contributed by atoms with Gasteiger partial charge >= 0.3 is 5.97 Å². The molecule has 3 aliphatic heterocycles. The van der Waals surface area contributed by atoms with Crippen LogP contribution in [0.25, 0.3) is 20.4 Å². The zero-order valence-corrected chi connectivity index (χ0v) is 33.3. The number of aryl methyl sites for hydroxylation is 2. The smallest absolute Gasteiger partial charge is 0.306 e. The van der Waals surface area contributed by atoms with Gasteiger partial charge in [0.05, 0.1) is 41.2 Å². The topological polar surface area (TPSA) is 158 Å². The van der Waals surface area contributed by atoms with Gasteiger partial charge in [0.15, 0.2) is 0 Å². The Hall–Kier alpha value is -5.74. The number of piperidine rings is 1. The molecule has 6 aliphatic rings. The first-order valence-electron chi connectivity index (χ1n) is 19.9. The van der Waals surface area contributed by atoms with Gasteiger partial charge in [0.1, 0.15) is 45.6 Å². The molecule has 2 aromatic carbocycles. The minimum Gasteiger partial charge on any atom is -0.481 e. The fraction of sp³-hybridized carbons (Fsp3) is 0.349. The maximum atomic E-state index is 14.7. The molecule has 3 aliphatic carbocycles. The van der Waals surface area contributed by atoms with Crippen molar-refractivity contribution in [2.24, 2.45) is 33.7 Å². The summed E-state index contributed by atoms with van der Waals surface area (Å²) >= 11 is 3.15. The molecular formula is C43H37F2N9O3S2. The number of aliphatic imine (C=N–C) groups is 2. The number of rotatable bonds is 6. The second-order valence-corrected chi connectivity index (χ2v) is 18.4. The fourth-order valence-electron chi connectivity index (χ4n) is 9.38. The van der Waals surface area contributed by atoms with E-state index in [1.807, 2.05) is 0 Å². The van der Waals surface area contributed by atoms with E-state index >= 15 is 0 Å². The molecule has 12 rings (SSSR count). The monoisotopic (exact) mass is 829 g/mol. The van der Waals surface area contributed by atoms with Gasteiger partial charge in [-0.15, -0.1) is 22.7 Å². The van der Waals surface area contributed by atoms with Crippen molar-refractivity contribution in [3.63, 3.8) is 0 Å². The van der Waals surface area contributed by atoms with Crippen LogP contribution in [-0.2, 0) is 48.4 Å². The number of amides is 1. The van der Waals surface area contributed by atoms with E-state index < -0.39 is 5.97 Å². The Bertz CT molecular complexity index is 2810. The quantitative estimate of drug-likeness (QED) is 0.153. The largest absolute Gasteiger partial charge is 0.481 e. The molecule has 1 saturated heterocycles. The number of nitrogens with one attached hydrogen (secondary N) is 2. The molecule has 0 radical (unpaired) electrons. The van der Waals surface area contributed by atoms with Crippen molar-refractivity contribution in [1.29, 1.82) is 0 Å². The number of carboxylic acid groups (broad SMARTS) is 1. The van der Waals surface area contributed by atoms with E-state index in [1.165, 1.54) is 46.9 Å². The number of nitrogens with zero attached hydrogens (tertiary/aromatic N) is 7. The van der Waals surface area contributed by atoms with Crippen LogP contribution in [0, 0.1) is 35.3 Å². The Morgan fingerprint density at radius 1 is 0.712 bits per heavy atom. The molecule has 2 fully saturated rings. The fourth-order valence-corrected chi connectivity index (χ4v) is 11.9. The van der Waals surface area contributed by atoms with Crippen molar-refractivity contribution in [2.45, 2.75) is 58.0 Å². The third-order valence-corrected chi connectivity index (χ3v) is 15.0. The average Bonchev–Trinajstić information content (AvgIpc) is 3.84. The molecule has 4 atom stereocenters. The number of aliphatic carboxylic acids is 1. The van der Waals surface area contributed by atoms with Crippen molar-refractivity contribution in [1.82, 2.24) is 24.8 Å². The molecule has 7 heterocycles. The second kappa shape index (κ2) is 14.2. The van der Waals surface area contributed by atoms with Crippen LogP contribution < -0.4 is 10.6 Å². The summed E-state index contributed by atoms with van der Waals surface area (Å²) in [7, 11) is 0. The Labute approximate surface area is 344 Å². The first-order valence-corrected chi connectivity index (χ1v) is 21.6. The molecule has 3 N–H and O–H groups in total. The summed E-state index contributed by atoms with van der Waals surface area (Å²) in [6.45, 7) is 2.94. The van der Waals surface area contributed by atoms with Gasteiger partial charge in [0, 0.05) is 41.2 Å². The lowest BCUT2D eigenvalue weighted by atomic mass is 9.87. The summed E-state index contributed by atoms with van der Waals surface area (Å²) in [5.41, 5.74) is 6.66. The molecule has 2 unspecified atom stereocenters. The van der Waals surface area contributed by atoms with Gasteiger partial charge in [-0.05, 0) is 114 Å². The predicted octanol–water partition coefficient (Wildman–Crippen LogP) is 7.79. The highest BCUT2D eigenvalue weighted by Crippen LogP contribution is 2.47. The summed E-state index contributed by atoms with van der Waals surface area (Å²) in [6.07, 6.45) is 12.0. The molecule has 1 saturated carbocycles. The van der Waals surface area contributed by atoms with Gasteiger partial charge in [0.2, 0.25) is 5.91 Å². The Balaban J connectivity index is 0.000000137. The highest BCUT2D eigenvalue weighted by atomic mass is 32.1. The number of halogens is 2. The molecule has 59 heavy (non-hydrogen) atoms. The van der Waals surface area contributed by atoms with Gasteiger partial charge in [0.25, 0.3) is 0 Å². The number of anilines is 4. The molecular weight excluding hydrogens is 793 g/mol. The molecule has 0 bridgehead atoms. The zero-order chi connectivity index (χ0) is 39.9. The van der Waals surface area contributed by atoms with Gasteiger partial charge in [-0.1, -0.05) is 0 Å². The summed E-state index contributed by atoms with van der Waals surface area (Å²) < 4.78 is 29.2. The lowest BCUT2D eigenvalue weighted by Crippen LogP contribution is -2.37. The second-order valence-electron chi connectivity index (χ2n) is 16.3. The zero-order valence-electron chi connectivity index (χ0n) is 31.7. The first kappa shape index (κ1) is 36.3. The van der Waals surface area contributed by atoms with Crippen LogP contribution in [0.2, 0.25) is 0 Å². The van der Waals surface area contributed by atoms with Gasteiger partial charge < -0.3 is 20.6 Å². The standard InChI is InChI=1S/C24H22FN5OS.C19H15FN4O2S/c25-18-4-13-7-26-8-14(13)5-19(18)29-22-21-17-2-1-12(6-20(17)32-23(21)28-11-27-22)24(31)30-9-15-3-16(15)10-30;20-13-3-10-6-21-7-11(10)4-14(13)24-17-16-12-2-1-9(19(25)26)5-15(12)27-18(16)23-8-22-17/h4-5,8,11-12,15-16H,1-3,6-7,9-10H2,(H,27,28,29);3-4,7-9H,1-2,5-6H2,(H,25,26)(H,22,23,24)/t12-,15?,16?;9-/m00/s1. The maximum absolute atomic E-state index is 14.7. The van der Waals surface area contributed by atoms with E-state index in [0.717, 1.165) is 97.3 Å². The van der Waals surface area contributed by atoms with Gasteiger partial charge in [-0.2, -0.15) is 0 Å². The lowest BCUT2D eigenvalue weighted by molar-refractivity contribution is -0.142. The number of carbonyl (C=O) groups is 2. The molecule has 12 nitrogen and oxygen atoms in total. The molecule has 1 amide bonds. The minimum absolute atomic E-state index is 0.0610. The molecule has 6 aromatic rings. The molecule has 4 aromatic heterocycles. The average molecular weight is 830 g/mol. The highest BCUT2D eigenvalue weighted by Gasteiger charge is 2.47. The normalized spacial score (nSPS) is 21.7. The number of benzene rings is 2. The summed E-state index contributed by atoms with van der Waals surface area (Å²) in [5.74, 6) is 1.32. The van der Waals surface area contributed by atoms with Crippen LogP contribution in [0.5, 0.6) is 0 Å². The van der Waals surface area contributed by atoms with Crippen LogP contribution >= 0.6 is 22.7 Å². The number of likely N-dealkylation sites (tertiary alicyclic amines) is 1. The summed E-state index contributed by atoms with van der Waals surface area (Å²) in [6, 6.07) is 6.59. The number of hydrogen-bond acceptors (Lipinski definition) is 12. The number of aromatic nitrogens is 4. The van der Waals surface area contributed by atoms with Crippen LogP contribution in [0.1, 0.15) is 62.4 Å². The first-order chi connectivity index (χ1) is 28.7. The van der Waals surface area contributed by atoms with E-state index in [0.29, 0.717) is 61.3 Å². The number of hydrogen-bond donors (Lipinski definition) is 3. The summed E-state index contributed by atoms with van der Waals surface area (Å²) in [5, 5.41) is 17.5. The van der Waals surface area contributed by atoms with Crippen molar-refractivity contribution in [3.8, 4) is 0 Å². The predicted molar refractivity (Wildman–Crippen MR) is 224 cm³/mol. The molecule has 0 spiro atoms. The highest BCUT2D eigenvalue weighted by molar-refractivity contribution is 7.19. The SMILES string of the molecule is O=C(O)[C@H]1CCc2c(sc3ncnc(Nc4cc5c(cc4F)CN=C5)c23)C1.O=C([C@H]1CCc2c(sc3ncnc(Nc4cc5c(cc4F)CN=C5)c23)C1)N1CC2CC2C1. The maximum Gasteiger partial charge on any atom is 0.306 e. The van der Waals surface area contributed by atoms with E-state index in [-0.39, 0.29) is 23.5 Å². The van der Waals surface area contributed by atoms with Crippen molar-refractivity contribution >= 4 is 90.4 Å². The van der Waals surface area contributed by atoms with E-state index in [9.17, 15) is 23.5 Å². The van der Waals surface area contributed by atoms with Crippen molar-refractivity contribution < 1.29 is 23.5 Å². The van der Waals surface area contributed by atoms with Gasteiger partial charge in [-0.3, -0.25) is 19.6 Å². The van der Waals surface area contributed by atoms with Crippen LogP contribution in [0.4, 0.5) is 31.8 Å². The molecule has 16 heteroatoms. The van der Waals surface area contributed by atoms with Crippen LogP contribution in [-0.4, -0.2) is 67.3 Å². The Morgan fingerprint density at radius 3 is 1.75 bits per heavy atom. The number of fused-ring (bicyclic) bond motifs is 9. The summed E-state index contributed by atoms with van der Waals surface area (Å²) in [4.78, 5) is 56.5. The van der Waals surface area contributed by atoms with Crippen LogP contribution in [0.15, 0.2) is 46.9 Å². The van der Waals surface area contributed by atoms with Crippen molar-refractivity contribution in [2.75, 3.05) is 23.7 Å². The number of thiophene rings is 2. The third kappa shape index (κ3) is 6.52. The van der Waals surface area contributed by atoms with E-state index in [1.54, 1.807) is 42.0 Å². The van der Waals surface area contributed by atoms with E-state index in [2.05, 4.69) is 45.5 Å². The van der Waals surface area contributed by atoms with Gasteiger partial charge in [-0.25, -0.2) is 28.7 Å². The third-order valence-electron chi connectivity index (χ3n) is 12.6. The Kier molecular flexibility index (Phi) is 8.76.